The SMILES string of the molecule is CCCC(C)C(CCC)CCC(C)=O. The minimum absolute atomic E-state index is 0.342. The van der Waals surface area contributed by atoms with Crippen LogP contribution in [0.1, 0.15) is 66.2 Å². The molecule has 0 radical (unpaired) electrons. The lowest BCUT2D eigenvalue weighted by molar-refractivity contribution is -0.117. The van der Waals surface area contributed by atoms with Crippen LogP contribution in [-0.4, -0.2) is 5.78 Å². The Bertz CT molecular complexity index is 151. The molecule has 0 saturated heterocycles. The third-order valence-electron chi connectivity index (χ3n) is 3.08. The Hall–Kier alpha value is -0.330. The van der Waals surface area contributed by atoms with E-state index in [1.54, 1.807) is 6.92 Å². The summed E-state index contributed by atoms with van der Waals surface area (Å²) in [6, 6.07) is 0. The van der Waals surface area contributed by atoms with Crippen LogP contribution in [0.15, 0.2) is 0 Å². The van der Waals surface area contributed by atoms with Crippen molar-refractivity contribution >= 4 is 5.78 Å². The van der Waals surface area contributed by atoms with E-state index >= 15 is 0 Å². The van der Waals surface area contributed by atoms with Gasteiger partial charge in [0.2, 0.25) is 0 Å². The maximum atomic E-state index is 10.9. The van der Waals surface area contributed by atoms with Crippen LogP contribution in [0.5, 0.6) is 0 Å². The zero-order chi connectivity index (χ0) is 11.0. The van der Waals surface area contributed by atoms with E-state index in [1.807, 2.05) is 0 Å². The number of carbonyl (C=O) groups excluding carboxylic acids is 1. The molecule has 0 aliphatic rings. The molecule has 0 spiro atoms. The predicted molar refractivity (Wildman–Crippen MR) is 62.4 cm³/mol. The molecule has 0 heterocycles. The van der Waals surface area contributed by atoms with Gasteiger partial charge < -0.3 is 4.79 Å². The minimum Gasteiger partial charge on any atom is -0.300 e. The minimum atomic E-state index is 0.342. The van der Waals surface area contributed by atoms with E-state index in [2.05, 4.69) is 20.8 Å². The molecule has 0 aliphatic carbocycles. The second kappa shape index (κ2) is 8.02. The van der Waals surface area contributed by atoms with E-state index < -0.39 is 0 Å². The maximum Gasteiger partial charge on any atom is 0.129 e. The molecule has 1 heteroatoms. The van der Waals surface area contributed by atoms with E-state index in [9.17, 15) is 4.79 Å². The van der Waals surface area contributed by atoms with Gasteiger partial charge in [0.15, 0.2) is 0 Å². The largest absolute Gasteiger partial charge is 0.300 e. The van der Waals surface area contributed by atoms with Gasteiger partial charge in [-0.3, -0.25) is 0 Å². The fourth-order valence-electron chi connectivity index (χ4n) is 2.16. The Balaban J connectivity index is 3.92. The highest BCUT2D eigenvalue weighted by atomic mass is 16.1. The van der Waals surface area contributed by atoms with Gasteiger partial charge in [-0.1, -0.05) is 46.5 Å². The monoisotopic (exact) mass is 198 g/mol. The molecular formula is C13H26O. The molecule has 14 heavy (non-hydrogen) atoms. The Morgan fingerprint density at radius 2 is 1.64 bits per heavy atom. The molecule has 0 aromatic carbocycles. The zero-order valence-corrected chi connectivity index (χ0v) is 10.3. The molecule has 0 saturated carbocycles. The van der Waals surface area contributed by atoms with Crippen LogP contribution in [0.3, 0.4) is 0 Å². The summed E-state index contributed by atoms with van der Waals surface area (Å²) in [7, 11) is 0. The molecule has 84 valence electrons. The summed E-state index contributed by atoms with van der Waals surface area (Å²) in [5, 5.41) is 0. The van der Waals surface area contributed by atoms with Crippen LogP contribution in [0.4, 0.5) is 0 Å². The van der Waals surface area contributed by atoms with Gasteiger partial charge in [-0.25, -0.2) is 0 Å². The highest BCUT2D eigenvalue weighted by molar-refractivity contribution is 5.75. The fourth-order valence-corrected chi connectivity index (χ4v) is 2.16. The van der Waals surface area contributed by atoms with E-state index in [0.717, 1.165) is 24.7 Å². The zero-order valence-electron chi connectivity index (χ0n) is 10.3. The first-order valence-electron chi connectivity index (χ1n) is 6.11. The first-order valence-corrected chi connectivity index (χ1v) is 6.11. The summed E-state index contributed by atoms with van der Waals surface area (Å²) in [4.78, 5) is 10.9. The standard InChI is InChI=1S/C13H26O/c1-5-7-11(3)13(8-6-2)10-9-12(4)14/h11,13H,5-10H2,1-4H3. The third kappa shape index (κ3) is 6.17. The number of rotatable bonds is 8. The number of hydrogen-bond donors (Lipinski definition) is 0. The van der Waals surface area contributed by atoms with Gasteiger partial charge in [0.25, 0.3) is 0 Å². The Kier molecular flexibility index (Phi) is 7.83. The third-order valence-corrected chi connectivity index (χ3v) is 3.08. The van der Waals surface area contributed by atoms with Crippen LogP contribution in [0.2, 0.25) is 0 Å². The molecule has 0 aromatic rings. The highest BCUT2D eigenvalue weighted by Crippen LogP contribution is 2.26. The smallest absolute Gasteiger partial charge is 0.129 e. The summed E-state index contributed by atoms with van der Waals surface area (Å²) < 4.78 is 0. The van der Waals surface area contributed by atoms with Gasteiger partial charge in [-0.15, -0.1) is 0 Å². The van der Waals surface area contributed by atoms with Crippen molar-refractivity contribution in [3.63, 3.8) is 0 Å². The molecular weight excluding hydrogens is 172 g/mol. The summed E-state index contributed by atoms with van der Waals surface area (Å²) in [6.07, 6.45) is 6.98. The van der Waals surface area contributed by atoms with Crippen molar-refractivity contribution in [2.45, 2.75) is 66.2 Å². The summed E-state index contributed by atoms with van der Waals surface area (Å²) in [5.74, 6) is 1.90. The van der Waals surface area contributed by atoms with Crippen molar-refractivity contribution in [2.24, 2.45) is 11.8 Å². The summed E-state index contributed by atoms with van der Waals surface area (Å²) >= 11 is 0. The van der Waals surface area contributed by atoms with Crippen molar-refractivity contribution < 1.29 is 4.79 Å². The molecule has 0 bridgehead atoms. The van der Waals surface area contributed by atoms with Crippen LogP contribution >= 0.6 is 0 Å². The van der Waals surface area contributed by atoms with Crippen LogP contribution < -0.4 is 0 Å². The molecule has 0 rings (SSSR count). The molecule has 1 nitrogen and oxygen atoms in total. The number of hydrogen-bond acceptors (Lipinski definition) is 1. The van der Waals surface area contributed by atoms with E-state index in [0.29, 0.717) is 5.78 Å². The first-order chi connectivity index (χ1) is 6.61. The van der Waals surface area contributed by atoms with Gasteiger partial charge in [-0.2, -0.15) is 0 Å². The Labute approximate surface area is 89.3 Å². The maximum absolute atomic E-state index is 10.9. The molecule has 0 aromatic heterocycles. The van der Waals surface area contributed by atoms with Crippen molar-refractivity contribution in [1.82, 2.24) is 0 Å². The van der Waals surface area contributed by atoms with E-state index in [1.165, 1.54) is 25.7 Å². The van der Waals surface area contributed by atoms with Gasteiger partial charge >= 0.3 is 0 Å². The Morgan fingerprint density at radius 3 is 2.07 bits per heavy atom. The number of carbonyl (C=O) groups is 1. The summed E-state index contributed by atoms with van der Waals surface area (Å²) in [5.41, 5.74) is 0. The van der Waals surface area contributed by atoms with Crippen molar-refractivity contribution in [3.8, 4) is 0 Å². The van der Waals surface area contributed by atoms with Crippen molar-refractivity contribution in [1.29, 1.82) is 0 Å². The molecule has 0 fully saturated rings. The number of ketones is 1. The van der Waals surface area contributed by atoms with Crippen molar-refractivity contribution in [2.75, 3.05) is 0 Å². The molecule has 0 aliphatic heterocycles. The van der Waals surface area contributed by atoms with Crippen LogP contribution in [0.25, 0.3) is 0 Å². The molecule has 2 unspecified atom stereocenters. The van der Waals surface area contributed by atoms with E-state index in [-0.39, 0.29) is 0 Å². The van der Waals surface area contributed by atoms with E-state index in [4.69, 9.17) is 0 Å². The van der Waals surface area contributed by atoms with Gasteiger partial charge in [0.05, 0.1) is 0 Å². The fraction of sp³-hybridized carbons (Fsp3) is 0.923. The molecule has 0 N–H and O–H groups in total. The second-order valence-electron chi connectivity index (χ2n) is 4.56. The van der Waals surface area contributed by atoms with Crippen molar-refractivity contribution in [3.05, 3.63) is 0 Å². The molecule has 2 atom stereocenters. The van der Waals surface area contributed by atoms with Crippen LogP contribution in [0, 0.1) is 11.8 Å². The average molecular weight is 198 g/mol. The second-order valence-corrected chi connectivity index (χ2v) is 4.56. The van der Waals surface area contributed by atoms with Gasteiger partial charge in [0.1, 0.15) is 5.78 Å². The lowest BCUT2D eigenvalue weighted by Gasteiger charge is -2.22. The molecule has 0 amide bonds. The highest BCUT2D eigenvalue weighted by Gasteiger charge is 2.15. The van der Waals surface area contributed by atoms with Crippen LogP contribution in [-0.2, 0) is 4.79 Å². The summed E-state index contributed by atoms with van der Waals surface area (Å²) in [6.45, 7) is 8.52. The number of Topliss-reactive ketones (excluding diaryl/α,β-unsaturated/α-hetero) is 1. The lowest BCUT2D eigenvalue weighted by Crippen LogP contribution is -2.13. The lowest BCUT2D eigenvalue weighted by atomic mass is 9.83. The van der Waals surface area contributed by atoms with Gasteiger partial charge in [-0.05, 0) is 25.2 Å². The first kappa shape index (κ1) is 13.7. The topological polar surface area (TPSA) is 17.1 Å². The average Bonchev–Trinajstić information content (AvgIpc) is 2.12. The Morgan fingerprint density at radius 1 is 1.07 bits per heavy atom. The van der Waals surface area contributed by atoms with Gasteiger partial charge in [0, 0.05) is 6.42 Å². The quantitative estimate of drug-likeness (QED) is 0.571. The normalized spacial score (nSPS) is 15.1. The predicted octanol–water partition coefficient (Wildman–Crippen LogP) is 4.21.